The molecule has 0 bridgehead atoms. The molecule has 1 amide bonds. The molecule has 2 unspecified atom stereocenters. The number of carbonyl (C=O) groups is 1. The molecule has 0 spiro atoms. The number of hydrogen-bond acceptors (Lipinski definition) is 3. The predicted octanol–water partition coefficient (Wildman–Crippen LogP) is 1.61. The van der Waals surface area contributed by atoms with Crippen LogP contribution in [0.15, 0.2) is 0 Å². The third-order valence-corrected chi connectivity index (χ3v) is 3.56. The Labute approximate surface area is 113 Å². The molecule has 0 aromatic rings. The Bertz CT molecular complexity index is 251. The van der Waals surface area contributed by atoms with Crippen molar-refractivity contribution in [2.24, 2.45) is 0 Å². The summed E-state index contributed by atoms with van der Waals surface area (Å²) in [6, 6.07) is 0.108. The van der Waals surface area contributed by atoms with Crippen LogP contribution in [-0.2, 0) is 4.79 Å². The molecule has 0 fully saturated rings. The topological polar surface area (TPSA) is 44.4 Å². The minimum Gasteiger partial charge on any atom is -0.352 e. The van der Waals surface area contributed by atoms with Crippen molar-refractivity contribution >= 4 is 5.91 Å². The number of hydrogen-bond donors (Lipinski definition) is 2. The largest absolute Gasteiger partial charge is 0.352 e. The molecule has 0 aliphatic carbocycles. The van der Waals surface area contributed by atoms with Crippen LogP contribution in [0.3, 0.4) is 0 Å². The highest BCUT2D eigenvalue weighted by molar-refractivity contribution is 5.81. The molecular formula is C14H31N3O. The van der Waals surface area contributed by atoms with Crippen molar-refractivity contribution in [3.05, 3.63) is 0 Å². The lowest BCUT2D eigenvalue weighted by atomic mass is 10.0. The smallest absolute Gasteiger partial charge is 0.237 e. The van der Waals surface area contributed by atoms with Gasteiger partial charge in [-0.1, -0.05) is 13.3 Å². The number of likely N-dealkylation sites (N-methyl/N-ethyl adjacent to an activating group) is 1. The van der Waals surface area contributed by atoms with Crippen molar-refractivity contribution < 1.29 is 4.79 Å². The second-order valence-corrected chi connectivity index (χ2v) is 6.01. The summed E-state index contributed by atoms with van der Waals surface area (Å²) in [5, 5.41) is 6.33. The number of nitrogens with one attached hydrogen (secondary N) is 2. The minimum absolute atomic E-state index is 0.0452. The summed E-state index contributed by atoms with van der Waals surface area (Å²) in [4.78, 5) is 14.1. The molecule has 0 saturated carbocycles. The van der Waals surface area contributed by atoms with Crippen LogP contribution in [0.2, 0.25) is 0 Å². The van der Waals surface area contributed by atoms with Gasteiger partial charge in [-0.15, -0.1) is 0 Å². The van der Waals surface area contributed by atoms with Crippen molar-refractivity contribution in [1.29, 1.82) is 0 Å². The van der Waals surface area contributed by atoms with Crippen LogP contribution in [0.4, 0.5) is 0 Å². The molecular weight excluding hydrogens is 226 g/mol. The van der Waals surface area contributed by atoms with Crippen LogP contribution in [0.25, 0.3) is 0 Å². The second kappa shape index (κ2) is 7.74. The zero-order valence-corrected chi connectivity index (χ0v) is 13.1. The first-order valence-electron chi connectivity index (χ1n) is 6.92. The standard InChI is InChI=1S/C14H31N3O/c1-8-9-11(2)16-13(18)12(3)15-10-14(4,5)17(6)7/h11-12,15H,8-10H2,1-7H3,(H,16,18). The molecule has 4 nitrogen and oxygen atoms in total. The maximum Gasteiger partial charge on any atom is 0.237 e. The molecule has 2 N–H and O–H groups in total. The molecule has 0 aromatic carbocycles. The summed E-state index contributed by atoms with van der Waals surface area (Å²) >= 11 is 0. The van der Waals surface area contributed by atoms with Gasteiger partial charge in [0.2, 0.25) is 5.91 Å². The molecule has 0 aliphatic heterocycles. The number of nitrogens with zero attached hydrogens (tertiary/aromatic N) is 1. The van der Waals surface area contributed by atoms with Crippen LogP contribution < -0.4 is 10.6 Å². The molecule has 0 saturated heterocycles. The Morgan fingerprint density at radius 2 is 1.83 bits per heavy atom. The Balaban J connectivity index is 4.09. The van der Waals surface area contributed by atoms with E-state index >= 15 is 0 Å². The molecule has 0 aliphatic rings. The van der Waals surface area contributed by atoms with Gasteiger partial charge in [0.05, 0.1) is 6.04 Å². The van der Waals surface area contributed by atoms with Gasteiger partial charge in [0.15, 0.2) is 0 Å². The Morgan fingerprint density at radius 1 is 1.28 bits per heavy atom. The summed E-state index contributed by atoms with van der Waals surface area (Å²) < 4.78 is 0. The molecule has 0 rings (SSSR count). The van der Waals surface area contributed by atoms with Crippen molar-refractivity contribution in [3.8, 4) is 0 Å². The zero-order chi connectivity index (χ0) is 14.3. The monoisotopic (exact) mass is 257 g/mol. The van der Waals surface area contributed by atoms with E-state index in [2.05, 4.69) is 57.3 Å². The highest BCUT2D eigenvalue weighted by Crippen LogP contribution is 2.08. The van der Waals surface area contributed by atoms with E-state index in [4.69, 9.17) is 0 Å². The molecule has 0 aromatic heterocycles. The highest BCUT2D eigenvalue weighted by Gasteiger charge is 2.22. The lowest BCUT2D eigenvalue weighted by Gasteiger charge is -2.33. The third kappa shape index (κ3) is 6.36. The maximum atomic E-state index is 11.9. The molecule has 0 radical (unpaired) electrons. The van der Waals surface area contributed by atoms with Gasteiger partial charge in [0.1, 0.15) is 0 Å². The summed E-state index contributed by atoms with van der Waals surface area (Å²) in [6.45, 7) is 11.2. The Morgan fingerprint density at radius 3 is 2.28 bits per heavy atom. The Hall–Kier alpha value is -0.610. The highest BCUT2D eigenvalue weighted by atomic mass is 16.2. The van der Waals surface area contributed by atoms with Crippen LogP contribution in [-0.4, -0.2) is 49.1 Å². The van der Waals surface area contributed by atoms with E-state index in [9.17, 15) is 4.79 Å². The van der Waals surface area contributed by atoms with E-state index in [1.54, 1.807) is 0 Å². The van der Waals surface area contributed by atoms with Gasteiger partial charge in [-0.25, -0.2) is 0 Å². The summed E-state index contributed by atoms with van der Waals surface area (Å²) in [5.41, 5.74) is 0.0452. The summed E-state index contributed by atoms with van der Waals surface area (Å²) in [5.74, 6) is 0.0884. The third-order valence-electron chi connectivity index (χ3n) is 3.56. The fourth-order valence-electron chi connectivity index (χ4n) is 1.53. The van der Waals surface area contributed by atoms with Gasteiger partial charge < -0.3 is 15.5 Å². The molecule has 2 atom stereocenters. The van der Waals surface area contributed by atoms with Crippen LogP contribution >= 0.6 is 0 Å². The number of amides is 1. The summed E-state index contributed by atoms with van der Waals surface area (Å²) in [7, 11) is 4.10. The summed E-state index contributed by atoms with van der Waals surface area (Å²) in [6.07, 6.45) is 2.12. The van der Waals surface area contributed by atoms with Crippen LogP contribution in [0, 0.1) is 0 Å². The van der Waals surface area contributed by atoms with Gasteiger partial charge in [-0.05, 0) is 48.2 Å². The van der Waals surface area contributed by atoms with Crippen LogP contribution in [0.1, 0.15) is 47.5 Å². The van der Waals surface area contributed by atoms with E-state index in [0.717, 1.165) is 19.4 Å². The van der Waals surface area contributed by atoms with Crippen molar-refractivity contribution in [3.63, 3.8) is 0 Å². The number of carbonyl (C=O) groups excluding carboxylic acids is 1. The molecule has 4 heteroatoms. The SMILES string of the molecule is CCCC(C)NC(=O)C(C)NCC(C)(C)N(C)C. The van der Waals surface area contributed by atoms with Gasteiger partial charge in [0, 0.05) is 18.1 Å². The van der Waals surface area contributed by atoms with Crippen molar-refractivity contribution in [2.45, 2.75) is 65.1 Å². The van der Waals surface area contributed by atoms with Gasteiger partial charge in [0.25, 0.3) is 0 Å². The van der Waals surface area contributed by atoms with E-state index in [0.29, 0.717) is 0 Å². The van der Waals surface area contributed by atoms with Gasteiger partial charge in [-0.2, -0.15) is 0 Å². The average molecular weight is 257 g/mol. The first kappa shape index (κ1) is 17.4. The quantitative estimate of drug-likeness (QED) is 0.694. The van der Waals surface area contributed by atoms with Crippen molar-refractivity contribution in [2.75, 3.05) is 20.6 Å². The number of rotatable bonds is 8. The van der Waals surface area contributed by atoms with Gasteiger partial charge in [-0.3, -0.25) is 4.79 Å². The van der Waals surface area contributed by atoms with E-state index in [1.165, 1.54) is 0 Å². The minimum atomic E-state index is -0.150. The normalized spacial score (nSPS) is 15.6. The fourth-order valence-corrected chi connectivity index (χ4v) is 1.53. The second-order valence-electron chi connectivity index (χ2n) is 6.01. The lowest BCUT2D eigenvalue weighted by molar-refractivity contribution is -0.123. The first-order chi connectivity index (χ1) is 8.20. The van der Waals surface area contributed by atoms with Gasteiger partial charge >= 0.3 is 0 Å². The predicted molar refractivity (Wildman–Crippen MR) is 77.7 cm³/mol. The van der Waals surface area contributed by atoms with E-state index < -0.39 is 0 Å². The lowest BCUT2D eigenvalue weighted by Crippen LogP contribution is -2.52. The molecule has 18 heavy (non-hydrogen) atoms. The average Bonchev–Trinajstić information content (AvgIpc) is 2.25. The van der Waals surface area contributed by atoms with E-state index in [1.807, 2.05) is 6.92 Å². The molecule has 108 valence electrons. The van der Waals surface area contributed by atoms with Crippen LogP contribution in [0.5, 0.6) is 0 Å². The first-order valence-corrected chi connectivity index (χ1v) is 6.92. The fraction of sp³-hybridized carbons (Fsp3) is 0.929. The molecule has 0 heterocycles. The van der Waals surface area contributed by atoms with E-state index in [-0.39, 0.29) is 23.5 Å². The zero-order valence-electron chi connectivity index (χ0n) is 13.1. The Kier molecular flexibility index (Phi) is 7.48. The van der Waals surface area contributed by atoms with Crippen molar-refractivity contribution in [1.82, 2.24) is 15.5 Å². The maximum absolute atomic E-state index is 11.9.